The Balaban J connectivity index is 2.37. The van der Waals surface area contributed by atoms with Gasteiger partial charge in [-0.25, -0.2) is 0 Å². The Morgan fingerprint density at radius 1 is 1.29 bits per heavy atom. The first-order valence-corrected chi connectivity index (χ1v) is 7.17. The average molecular weight is 215 g/mol. The fraction of sp³-hybridized carbons (Fsp3) is 1.00. The number of thioether (sulfide) groups is 1. The van der Waals surface area contributed by atoms with Gasteiger partial charge in [-0.05, 0) is 43.9 Å². The SMILES string of the molecule is CCCSC1CC(C)CCC1NCC. The van der Waals surface area contributed by atoms with Gasteiger partial charge in [0.2, 0.25) is 0 Å². The molecule has 0 aliphatic heterocycles. The first kappa shape index (κ1) is 12.4. The molecule has 14 heavy (non-hydrogen) atoms. The van der Waals surface area contributed by atoms with E-state index in [4.69, 9.17) is 0 Å². The molecule has 1 N–H and O–H groups in total. The zero-order valence-corrected chi connectivity index (χ0v) is 10.7. The minimum atomic E-state index is 0.785. The molecule has 0 amide bonds. The lowest BCUT2D eigenvalue weighted by Crippen LogP contribution is -2.42. The molecular formula is C12H25NS. The maximum atomic E-state index is 3.64. The fourth-order valence-corrected chi connectivity index (χ4v) is 3.75. The van der Waals surface area contributed by atoms with E-state index >= 15 is 0 Å². The van der Waals surface area contributed by atoms with Crippen molar-refractivity contribution < 1.29 is 0 Å². The smallest absolute Gasteiger partial charge is 0.0203 e. The summed E-state index contributed by atoms with van der Waals surface area (Å²) in [5.74, 6) is 2.28. The molecule has 1 fully saturated rings. The van der Waals surface area contributed by atoms with Crippen molar-refractivity contribution in [1.82, 2.24) is 5.32 Å². The van der Waals surface area contributed by atoms with Gasteiger partial charge in [-0.15, -0.1) is 0 Å². The van der Waals surface area contributed by atoms with E-state index < -0.39 is 0 Å². The van der Waals surface area contributed by atoms with Gasteiger partial charge >= 0.3 is 0 Å². The summed E-state index contributed by atoms with van der Waals surface area (Å²) in [6, 6.07) is 0.785. The summed E-state index contributed by atoms with van der Waals surface area (Å²) in [4.78, 5) is 0. The highest BCUT2D eigenvalue weighted by molar-refractivity contribution is 7.99. The van der Waals surface area contributed by atoms with Gasteiger partial charge in [-0.1, -0.05) is 20.8 Å². The molecule has 0 saturated heterocycles. The van der Waals surface area contributed by atoms with Crippen LogP contribution in [0.4, 0.5) is 0 Å². The van der Waals surface area contributed by atoms with Gasteiger partial charge < -0.3 is 5.32 Å². The summed E-state index contributed by atoms with van der Waals surface area (Å²) in [7, 11) is 0. The second-order valence-corrected chi connectivity index (χ2v) is 5.84. The minimum absolute atomic E-state index is 0.785. The molecule has 0 heterocycles. The summed E-state index contributed by atoms with van der Waals surface area (Å²) in [6.45, 7) is 8.03. The van der Waals surface area contributed by atoms with Gasteiger partial charge in [-0.2, -0.15) is 11.8 Å². The van der Waals surface area contributed by atoms with Crippen LogP contribution in [0.5, 0.6) is 0 Å². The second kappa shape index (κ2) is 6.73. The van der Waals surface area contributed by atoms with E-state index in [1.54, 1.807) is 0 Å². The van der Waals surface area contributed by atoms with Crippen molar-refractivity contribution >= 4 is 11.8 Å². The van der Waals surface area contributed by atoms with Crippen LogP contribution in [0.25, 0.3) is 0 Å². The van der Waals surface area contributed by atoms with Gasteiger partial charge in [0.15, 0.2) is 0 Å². The van der Waals surface area contributed by atoms with Gasteiger partial charge in [0.25, 0.3) is 0 Å². The molecule has 0 aromatic heterocycles. The molecule has 2 heteroatoms. The van der Waals surface area contributed by atoms with Gasteiger partial charge in [0.1, 0.15) is 0 Å². The molecule has 3 unspecified atom stereocenters. The molecule has 1 rings (SSSR count). The largest absolute Gasteiger partial charge is 0.313 e. The van der Waals surface area contributed by atoms with E-state index in [-0.39, 0.29) is 0 Å². The summed E-state index contributed by atoms with van der Waals surface area (Å²) in [5.41, 5.74) is 0. The van der Waals surface area contributed by atoms with Crippen molar-refractivity contribution in [2.45, 2.75) is 57.7 Å². The summed E-state index contributed by atoms with van der Waals surface area (Å²) < 4.78 is 0. The average Bonchev–Trinajstić information content (AvgIpc) is 2.18. The van der Waals surface area contributed by atoms with E-state index in [1.165, 1.54) is 31.4 Å². The Kier molecular flexibility index (Phi) is 5.95. The highest BCUT2D eigenvalue weighted by atomic mass is 32.2. The van der Waals surface area contributed by atoms with Crippen LogP contribution < -0.4 is 5.32 Å². The molecule has 0 radical (unpaired) electrons. The minimum Gasteiger partial charge on any atom is -0.313 e. The monoisotopic (exact) mass is 215 g/mol. The van der Waals surface area contributed by atoms with E-state index in [2.05, 4.69) is 37.8 Å². The number of hydrogen-bond donors (Lipinski definition) is 1. The highest BCUT2D eigenvalue weighted by Crippen LogP contribution is 2.32. The molecule has 1 nitrogen and oxygen atoms in total. The predicted octanol–water partition coefficient (Wildman–Crippen LogP) is 3.30. The number of hydrogen-bond acceptors (Lipinski definition) is 2. The van der Waals surface area contributed by atoms with Crippen molar-refractivity contribution in [2.24, 2.45) is 5.92 Å². The van der Waals surface area contributed by atoms with Crippen LogP contribution in [-0.4, -0.2) is 23.6 Å². The van der Waals surface area contributed by atoms with Crippen LogP contribution in [-0.2, 0) is 0 Å². The molecule has 3 atom stereocenters. The van der Waals surface area contributed by atoms with E-state index in [0.717, 1.165) is 23.8 Å². The van der Waals surface area contributed by atoms with Crippen molar-refractivity contribution in [3.8, 4) is 0 Å². The van der Waals surface area contributed by atoms with Crippen molar-refractivity contribution in [3.05, 3.63) is 0 Å². The van der Waals surface area contributed by atoms with E-state index in [0.29, 0.717) is 0 Å². The molecule has 1 aliphatic rings. The van der Waals surface area contributed by atoms with E-state index in [1.807, 2.05) is 0 Å². The Morgan fingerprint density at radius 2 is 2.07 bits per heavy atom. The lowest BCUT2D eigenvalue weighted by molar-refractivity contribution is 0.320. The predicted molar refractivity (Wildman–Crippen MR) is 67.0 cm³/mol. The first-order chi connectivity index (χ1) is 6.77. The molecular weight excluding hydrogens is 190 g/mol. The third-order valence-electron chi connectivity index (χ3n) is 3.06. The number of rotatable bonds is 5. The van der Waals surface area contributed by atoms with E-state index in [9.17, 15) is 0 Å². The van der Waals surface area contributed by atoms with Gasteiger partial charge in [0, 0.05) is 11.3 Å². The highest BCUT2D eigenvalue weighted by Gasteiger charge is 2.27. The lowest BCUT2D eigenvalue weighted by atomic mass is 9.87. The maximum absolute atomic E-state index is 3.64. The molecule has 0 spiro atoms. The molecule has 0 aromatic carbocycles. The zero-order chi connectivity index (χ0) is 10.4. The summed E-state index contributed by atoms with van der Waals surface area (Å²) >= 11 is 2.19. The standard InChI is InChI=1S/C12H25NS/c1-4-8-14-12-9-10(3)6-7-11(12)13-5-2/h10-13H,4-9H2,1-3H3. The van der Waals surface area contributed by atoms with Gasteiger partial charge in [0.05, 0.1) is 0 Å². The lowest BCUT2D eigenvalue weighted by Gasteiger charge is -2.35. The van der Waals surface area contributed by atoms with Crippen molar-refractivity contribution in [1.29, 1.82) is 0 Å². The molecule has 0 aromatic rings. The zero-order valence-electron chi connectivity index (χ0n) is 9.88. The quantitative estimate of drug-likeness (QED) is 0.755. The fourth-order valence-electron chi connectivity index (χ4n) is 2.28. The Morgan fingerprint density at radius 3 is 2.71 bits per heavy atom. The topological polar surface area (TPSA) is 12.0 Å². The van der Waals surface area contributed by atoms with Crippen LogP contribution in [0, 0.1) is 5.92 Å². The Bertz CT molecular complexity index is 149. The molecule has 1 aliphatic carbocycles. The first-order valence-electron chi connectivity index (χ1n) is 6.12. The van der Waals surface area contributed by atoms with Crippen LogP contribution in [0.15, 0.2) is 0 Å². The third-order valence-corrected chi connectivity index (χ3v) is 4.65. The Labute approximate surface area is 93.4 Å². The molecule has 84 valence electrons. The molecule has 0 bridgehead atoms. The van der Waals surface area contributed by atoms with Crippen LogP contribution in [0.3, 0.4) is 0 Å². The molecule has 1 saturated carbocycles. The van der Waals surface area contributed by atoms with Crippen molar-refractivity contribution in [2.75, 3.05) is 12.3 Å². The summed E-state index contributed by atoms with van der Waals surface area (Å²) in [5, 5.41) is 4.52. The normalized spacial score (nSPS) is 33.2. The maximum Gasteiger partial charge on any atom is 0.0203 e. The number of nitrogens with one attached hydrogen (secondary N) is 1. The van der Waals surface area contributed by atoms with Crippen LogP contribution >= 0.6 is 11.8 Å². The van der Waals surface area contributed by atoms with Crippen LogP contribution in [0.1, 0.15) is 46.5 Å². The van der Waals surface area contributed by atoms with Crippen LogP contribution in [0.2, 0.25) is 0 Å². The van der Waals surface area contributed by atoms with Crippen molar-refractivity contribution in [3.63, 3.8) is 0 Å². The Hall–Kier alpha value is 0.310. The van der Waals surface area contributed by atoms with Gasteiger partial charge in [-0.3, -0.25) is 0 Å². The summed E-state index contributed by atoms with van der Waals surface area (Å²) in [6.07, 6.45) is 5.54. The second-order valence-electron chi connectivity index (χ2n) is 4.49. The third kappa shape index (κ3) is 3.82.